The molecule has 0 radical (unpaired) electrons. The molecule has 2 aromatic heterocycles. The van der Waals surface area contributed by atoms with E-state index in [1.807, 2.05) is 19.1 Å². The van der Waals surface area contributed by atoms with Gasteiger partial charge in [0.25, 0.3) is 5.56 Å². The molecule has 1 aliphatic heterocycles. The second kappa shape index (κ2) is 9.36. The molecule has 2 N–H and O–H groups in total. The number of nitrogens with one attached hydrogen (secondary N) is 1. The van der Waals surface area contributed by atoms with Gasteiger partial charge in [0, 0.05) is 50.0 Å². The fourth-order valence-corrected chi connectivity index (χ4v) is 4.53. The van der Waals surface area contributed by atoms with E-state index in [0.717, 1.165) is 42.1 Å². The van der Waals surface area contributed by atoms with Crippen molar-refractivity contribution in [3.05, 3.63) is 70.3 Å². The number of para-hydroxylation sites is 1. The third kappa shape index (κ3) is 4.08. The number of rotatable bonds is 6. The molecule has 0 bridgehead atoms. The number of aliphatic hydroxyl groups excluding tert-OH is 1. The van der Waals surface area contributed by atoms with E-state index in [2.05, 4.69) is 37.2 Å². The van der Waals surface area contributed by atoms with E-state index in [-0.39, 0.29) is 12.3 Å². The number of fused-ring (bicyclic) bond motifs is 1. The first-order chi connectivity index (χ1) is 16.6. The van der Waals surface area contributed by atoms with Crippen LogP contribution in [0.5, 0.6) is 0 Å². The molecule has 0 unspecified atom stereocenters. The molecule has 3 heterocycles. The summed E-state index contributed by atoms with van der Waals surface area (Å²) in [6.45, 7) is 6.46. The van der Waals surface area contributed by atoms with Gasteiger partial charge in [0.1, 0.15) is 22.7 Å². The van der Waals surface area contributed by atoms with Crippen LogP contribution >= 0.6 is 0 Å². The number of aryl methyl sites for hydroxylation is 1. The molecule has 0 amide bonds. The van der Waals surface area contributed by atoms with E-state index < -0.39 is 11.4 Å². The minimum absolute atomic E-state index is 0.180. The monoisotopic (exact) mass is 462 g/mol. The largest absolute Gasteiger partial charge is 0.395 e. The number of aliphatic hydroxyl groups is 1. The summed E-state index contributed by atoms with van der Waals surface area (Å²) in [6.07, 6.45) is 0.577. The van der Waals surface area contributed by atoms with Gasteiger partial charge >= 0.3 is 0 Å². The smallest absolute Gasteiger partial charge is 0.273 e. The van der Waals surface area contributed by atoms with Crippen LogP contribution in [0, 0.1) is 5.82 Å². The zero-order chi connectivity index (χ0) is 23.7. The molecule has 1 fully saturated rings. The summed E-state index contributed by atoms with van der Waals surface area (Å²) in [7, 11) is 0. The number of benzene rings is 2. The third-order valence-corrected chi connectivity index (χ3v) is 6.40. The minimum atomic E-state index is -0.484. The molecule has 0 atom stereocenters. The number of piperazine rings is 1. The highest BCUT2D eigenvalue weighted by Crippen LogP contribution is 2.27. The predicted octanol–water partition coefficient (Wildman–Crippen LogP) is 2.59. The zero-order valence-corrected chi connectivity index (χ0v) is 19.0. The number of halogens is 1. The normalized spacial score (nSPS) is 14.7. The van der Waals surface area contributed by atoms with E-state index in [1.54, 1.807) is 12.1 Å². The molecule has 5 rings (SSSR count). The summed E-state index contributed by atoms with van der Waals surface area (Å²) in [4.78, 5) is 17.3. The Hall–Kier alpha value is -3.56. The molecule has 8 nitrogen and oxygen atoms in total. The maximum atomic E-state index is 14.7. The Bertz CT molecular complexity index is 1360. The lowest BCUT2D eigenvalue weighted by Crippen LogP contribution is -2.47. The summed E-state index contributed by atoms with van der Waals surface area (Å²) in [5.74, 6) is -0.484. The van der Waals surface area contributed by atoms with Crippen LogP contribution in [0.4, 0.5) is 10.1 Å². The van der Waals surface area contributed by atoms with Crippen LogP contribution in [0.3, 0.4) is 0 Å². The van der Waals surface area contributed by atoms with E-state index in [1.165, 1.54) is 12.1 Å². The first kappa shape index (κ1) is 22.2. The van der Waals surface area contributed by atoms with Gasteiger partial charge in [0.2, 0.25) is 0 Å². The topological polar surface area (TPSA) is 90.3 Å². The molecule has 176 valence electrons. The zero-order valence-electron chi connectivity index (χ0n) is 19.0. The van der Waals surface area contributed by atoms with E-state index in [0.29, 0.717) is 35.3 Å². The van der Waals surface area contributed by atoms with Crippen molar-refractivity contribution in [2.45, 2.75) is 13.3 Å². The van der Waals surface area contributed by atoms with Crippen molar-refractivity contribution in [3.8, 4) is 16.9 Å². The second-order valence-electron chi connectivity index (χ2n) is 8.43. The molecule has 9 heteroatoms. The quantitative estimate of drug-likeness (QED) is 0.458. The van der Waals surface area contributed by atoms with Gasteiger partial charge in [-0.3, -0.25) is 14.8 Å². The average molecular weight is 463 g/mol. The van der Waals surface area contributed by atoms with E-state index in [4.69, 9.17) is 5.11 Å². The number of nitrogens with zero attached hydrogens (tertiary/aromatic N) is 5. The Morgan fingerprint density at radius 3 is 2.56 bits per heavy atom. The first-order valence-electron chi connectivity index (χ1n) is 11.5. The van der Waals surface area contributed by atoms with Crippen molar-refractivity contribution >= 4 is 16.7 Å². The SMILES string of the molecule is CCc1cccc(F)c1-n1nc2c(-c3ccc(N4CCN(CCO)CC4)cc3)n[nH]c2cc1=O. The number of hydrogen-bond donors (Lipinski definition) is 2. The first-order valence-corrected chi connectivity index (χ1v) is 11.5. The molecular formula is C25H27FN6O2. The summed E-state index contributed by atoms with van der Waals surface area (Å²) in [6, 6.07) is 14.3. The van der Waals surface area contributed by atoms with Crippen LogP contribution in [-0.2, 0) is 6.42 Å². The van der Waals surface area contributed by atoms with Gasteiger partial charge in [-0.05, 0) is 30.2 Å². The van der Waals surface area contributed by atoms with E-state index in [9.17, 15) is 9.18 Å². The van der Waals surface area contributed by atoms with Crippen LogP contribution in [0.15, 0.2) is 53.3 Å². The van der Waals surface area contributed by atoms with Gasteiger partial charge in [0.05, 0.1) is 12.1 Å². The Kier molecular flexibility index (Phi) is 6.12. The van der Waals surface area contributed by atoms with Crippen molar-refractivity contribution in [3.63, 3.8) is 0 Å². The molecule has 4 aromatic rings. The minimum Gasteiger partial charge on any atom is -0.395 e. The van der Waals surface area contributed by atoms with Crippen molar-refractivity contribution in [2.24, 2.45) is 0 Å². The summed E-state index contributed by atoms with van der Waals surface area (Å²) in [5, 5.41) is 20.9. The molecule has 0 saturated carbocycles. The summed E-state index contributed by atoms with van der Waals surface area (Å²) in [5.41, 5.74) is 4.08. The van der Waals surface area contributed by atoms with Gasteiger partial charge in [-0.2, -0.15) is 14.9 Å². The number of aromatic amines is 1. The molecular weight excluding hydrogens is 435 g/mol. The van der Waals surface area contributed by atoms with Crippen LogP contribution in [-0.4, -0.2) is 69.3 Å². The molecule has 0 spiro atoms. The maximum absolute atomic E-state index is 14.7. The molecule has 34 heavy (non-hydrogen) atoms. The highest BCUT2D eigenvalue weighted by Gasteiger charge is 2.19. The lowest BCUT2D eigenvalue weighted by Gasteiger charge is -2.35. The second-order valence-corrected chi connectivity index (χ2v) is 8.43. The standard InChI is InChI=1S/C25H27FN6O2/c1-2-17-4-3-5-20(26)25(17)32-22(34)16-21-24(29-32)23(28-27-21)18-6-8-19(9-7-18)31-12-10-30(11-13-31)14-15-33/h3-9,16,27,33H,2,10-15H2,1H3. The van der Waals surface area contributed by atoms with E-state index >= 15 is 0 Å². The number of hydrogen-bond acceptors (Lipinski definition) is 6. The average Bonchev–Trinajstić information content (AvgIpc) is 3.27. The molecule has 1 saturated heterocycles. The fourth-order valence-electron chi connectivity index (χ4n) is 4.53. The van der Waals surface area contributed by atoms with Gasteiger partial charge in [-0.15, -0.1) is 0 Å². The predicted molar refractivity (Wildman–Crippen MR) is 130 cm³/mol. The molecule has 2 aromatic carbocycles. The van der Waals surface area contributed by atoms with Crippen LogP contribution in [0.2, 0.25) is 0 Å². The summed E-state index contributed by atoms with van der Waals surface area (Å²) < 4.78 is 15.8. The Morgan fingerprint density at radius 2 is 1.85 bits per heavy atom. The number of H-pyrrole nitrogens is 1. The number of anilines is 1. The summed E-state index contributed by atoms with van der Waals surface area (Å²) >= 11 is 0. The van der Waals surface area contributed by atoms with Crippen molar-refractivity contribution in [1.82, 2.24) is 24.9 Å². The third-order valence-electron chi connectivity index (χ3n) is 6.40. The van der Waals surface area contributed by atoms with Gasteiger partial charge in [-0.1, -0.05) is 31.2 Å². The Morgan fingerprint density at radius 1 is 1.09 bits per heavy atom. The highest BCUT2D eigenvalue weighted by molar-refractivity contribution is 5.89. The fraction of sp³-hybridized carbons (Fsp3) is 0.320. The van der Waals surface area contributed by atoms with Crippen molar-refractivity contribution in [2.75, 3.05) is 44.2 Å². The number of β-amino-alcohol motifs (C(OH)–C–C–N with tert-alkyl or cyclic N) is 1. The Labute approximate surface area is 196 Å². The lowest BCUT2D eigenvalue weighted by molar-refractivity contribution is 0.189. The van der Waals surface area contributed by atoms with Crippen molar-refractivity contribution in [1.29, 1.82) is 0 Å². The van der Waals surface area contributed by atoms with Gasteiger partial charge in [-0.25, -0.2) is 4.39 Å². The van der Waals surface area contributed by atoms with Crippen LogP contribution < -0.4 is 10.5 Å². The van der Waals surface area contributed by atoms with Crippen LogP contribution in [0.1, 0.15) is 12.5 Å². The molecule has 1 aliphatic rings. The lowest BCUT2D eigenvalue weighted by atomic mass is 10.1. The molecule has 0 aliphatic carbocycles. The van der Waals surface area contributed by atoms with Crippen LogP contribution in [0.25, 0.3) is 28.0 Å². The van der Waals surface area contributed by atoms with Gasteiger partial charge < -0.3 is 10.0 Å². The van der Waals surface area contributed by atoms with Gasteiger partial charge in [0.15, 0.2) is 0 Å². The number of aromatic nitrogens is 4. The highest BCUT2D eigenvalue weighted by atomic mass is 19.1. The maximum Gasteiger partial charge on any atom is 0.273 e. The van der Waals surface area contributed by atoms with Crippen molar-refractivity contribution < 1.29 is 9.50 Å². The Balaban J connectivity index is 1.47.